The smallest absolute Gasteiger partial charge is 0.238 e. The van der Waals surface area contributed by atoms with Gasteiger partial charge in [-0.25, -0.2) is 4.98 Å². The van der Waals surface area contributed by atoms with Gasteiger partial charge in [-0.15, -0.1) is 11.8 Å². The monoisotopic (exact) mass is 685 g/mol. The van der Waals surface area contributed by atoms with E-state index in [2.05, 4.69) is 167 Å². The Bertz CT molecular complexity index is 2950. The number of aromatic nitrogens is 5. The van der Waals surface area contributed by atoms with Crippen LogP contribution in [0, 0.1) is 0 Å². The Morgan fingerprint density at radius 2 is 0.923 bits per heavy atom. The average molecular weight is 686 g/mol. The van der Waals surface area contributed by atoms with E-state index in [1.165, 1.54) is 21.2 Å². The van der Waals surface area contributed by atoms with Crippen LogP contribution in [0.15, 0.2) is 175 Å². The number of nitrogens with zero attached hydrogens (tertiary/aromatic N) is 5. The van der Waals surface area contributed by atoms with Crippen LogP contribution in [0.3, 0.4) is 0 Å². The van der Waals surface area contributed by atoms with Crippen molar-refractivity contribution in [1.82, 2.24) is 24.1 Å². The van der Waals surface area contributed by atoms with Gasteiger partial charge in [0.05, 0.1) is 22.1 Å². The fraction of sp³-hybridized carbons (Fsp3) is 0.0217. The molecule has 5 nitrogen and oxygen atoms in total. The minimum Gasteiger partial charge on any atom is -0.309 e. The largest absolute Gasteiger partial charge is 0.309 e. The van der Waals surface area contributed by atoms with Gasteiger partial charge in [0.1, 0.15) is 0 Å². The van der Waals surface area contributed by atoms with Crippen molar-refractivity contribution >= 4 is 55.4 Å². The molecule has 0 aliphatic heterocycles. The number of hydrogen-bond acceptors (Lipinski definition) is 4. The SMILES string of the molecule is CSc1ccccc1-c1ccc2c3ccccc3n(-c3nc(-c4ccccc4)nc(-c4ccc5c6ccccc6n(-c6ccccc6)c5c4)n3)c2c1. The van der Waals surface area contributed by atoms with E-state index in [1.54, 1.807) is 11.8 Å². The van der Waals surface area contributed by atoms with Gasteiger partial charge >= 0.3 is 0 Å². The van der Waals surface area contributed by atoms with Crippen molar-refractivity contribution < 1.29 is 0 Å². The Hall–Kier alpha value is -6.50. The first kappa shape index (κ1) is 30.3. The van der Waals surface area contributed by atoms with Crippen molar-refractivity contribution in [1.29, 1.82) is 0 Å². The van der Waals surface area contributed by atoms with Gasteiger partial charge < -0.3 is 4.57 Å². The Kier molecular flexibility index (Phi) is 7.22. The fourth-order valence-corrected chi connectivity index (χ4v) is 8.13. The first-order valence-electron chi connectivity index (χ1n) is 17.3. The molecule has 0 saturated heterocycles. The third-order valence-corrected chi connectivity index (χ3v) is 10.7. The van der Waals surface area contributed by atoms with E-state index in [0.29, 0.717) is 17.6 Å². The molecule has 246 valence electrons. The lowest BCUT2D eigenvalue weighted by molar-refractivity contribution is 0.953. The molecule has 10 aromatic rings. The molecule has 0 radical (unpaired) electrons. The molecule has 52 heavy (non-hydrogen) atoms. The van der Waals surface area contributed by atoms with E-state index >= 15 is 0 Å². The van der Waals surface area contributed by atoms with Crippen LogP contribution in [0.25, 0.3) is 89.2 Å². The van der Waals surface area contributed by atoms with Crippen molar-refractivity contribution in [2.75, 3.05) is 6.26 Å². The molecule has 0 aliphatic carbocycles. The second kappa shape index (κ2) is 12.4. The van der Waals surface area contributed by atoms with Crippen LogP contribution in [-0.4, -0.2) is 30.3 Å². The summed E-state index contributed by atoms with van der Waals surface area (Å²) < 4.78 is 4.53. The molecular weight excluding hydrogens is 655 g/mol. The van der Waals surface area contributed by atoms with E-state index < -0.39 is 0 Å². The topological polar surface area (TPSA) is 48.5 Å². The summed E-state index contributed by atoms with van der Waals surface area (Å²) in [6, 6.07) is 59.7. The van der Waals surface area contributed by atoms with Gasteiger partial charge in [-0.3, -0.25) is 4.57 Å². The Morgan fingerprint density at radius 1 is 0.404 bits per heavy atom. The molecule has 0 saturated carbocycles. The van der Waals surface area contributed by atoms with Gasteiger partial charge in [0.15, 0.2) is 11.6 Å². The summed E-state index contributed by atoms with van der Waals surface area (Å²) in [5, 5.41) is 4.69. The zero-order valence-corrected chi connectivity index (χ0v) is 29.1. The van der Waals surface area contributed by atoms with Crippen molar-refractivity contribution in [2.24, 2.45) is 0 Å². The van der Waals surface area contributed by atoms with Crippen molar-refractivity contribution in [2.45, 2.75) is 4.90 Å². The lowest BCUT2D eigenvalue weighted by Gasteiger charge is -2.12. The molecule has 0 unspecified atom stereocenters. The van der Waals surface area contributed by atoms with E-state index in [9.17, 15) is 0 Å². The minimum absolute atomic E-state index is 0.578. The molecule has 7 aromatic carbocycles. The number of benzene rings is 7. The summed E-state index contributed by atoms with van der Waals surface area (Å²) in [6.45, 7) is 0. The molecule has 0 N–H and O–H groups in total. The number of rotatable bonds is 6. The third-order valence-electron chi connectivity index (χ3n) is 9.89. The van der Waals surface area contributed by atoms with Gasteiger partial charge in [0.25, 0.3) is 0 Å². The van der Waals surface area contributed by atoms with Crippen LogP contribution in [0.4, 0.5) is 0 Å². The summed E-state index contributed by atoms with van der Waals surface area (Å²) in [6.07, 6.45) is 2.13. The van der Waals surface area contributed by atoms with E-state index in [4.69, 9.17) is 15.0 Å². The van der Waals surface area contributed by atoms with Crippen LogP contribution >= 0.6 is 11.8 Å². The quantitative estimate of drug-likeness (QED) is 0.164. The molecule has 3 heterocycles. The Labute approximate surface area is 304 Å². The van der Waals surface area contributed by atoms with Crippen molar-refractivity contribution in [3.05, 3.63) is 170 Å². The normalized spacial score (nSPS) is 11.6. The van der Waals surface area contributed by atoms with Gasteiger partial charge in [0.2, 0.25) is 5.95 Å². The second-order valence-corrected chi connectivity index (χ2v) is 13.7. The van der Waals surface area contributed by atoms with E-state index in [1.807, 2.05) is 18.2 Å². The molecule has 10 rings (SSSR count). The maximum atomic E-state index is 5.30. The number of para-hydroxylation sites is 3. The number of hydrogen-bond donors (Lipinski definition) is 0. The highest BCUT2D eigenvalue weighted by Gasteiger charge is 2.20. The highest BCUT2D eigenvalue weighted by molar-refractivity contribution is 7.98. The number of fused-ring (bicyclic) bond motifs is 6. The summed E-state index contributed by atoms with van der Waals surface area (Å²) >= 11 is 1.76. The fourth-order valence-electron chi connectivity index (χ4n) is 7.51. The molecule has 6 heteroatoms. The zero-order valence-electron chi connectivity index (χ0n) is 28.3. The van der Waals surface area contributed by atoms with E-state index in [0.717, 1.165) is 55.2 Å². The molecule has 0 spiro atoms. The third kappa shape index (κ3) is 4.91. The predicted molar refractivity (Wildman–Crippen MR) is 217 cm³/mol. The molecule has 0 aliphatic rings. The van der Waals surface area contributed by atoms with Gasteiger partial charge in [-0.1, -0.05) is 127 Å². The van der Waals surface area contributed by atoms with Crippen LogP contribution in [0.5, 0.6) is 0 Å². The highest BCUT2D eigenvalue weighted by Crippen LogP contribution is 2.38. The van der Waals surface area contributed by atoms with Gasteiger partial charge in [-0.05, 0) is 59.8 Å². The first-order valence-corrected chi connectivity index (χ1v) is 18.5. The van der Waals surface area contributed by atoms with Gasteiger partial charge in [0, 0.05) is 43.3 Å². The molecule has 0 bridgehead atoms. The van der Waals surface area contributed by atoms with E-state index in [-0.39, 0.29) is 0 Å². The first-order chi connectivity index (χ1) is 25.7. The standard InChI is InChI=1S/C46H31N5S/c1-52-43-23-13-10-18-34(43)31-24-26-38-36-20-9-12-22-40(36)51(42(38)28-31)46-48-44(30-14-4-2-5-15-30)47-45(49-46)32-25-27-37-35-19-8-11-21-39(35)50(41(37)29-32)33-16-6-3-7-17-33/h2-29H,1H3. The predicted octanol–water partition coefficient (Wildman–Crippen LogP) is 11.8. The summed E-state index contributed by atoms with van der Waals surface area (Å²) in [5.74, 6) is 1.82. The Balaban J connectivity index is 1.25. The molecule has 0 amide bonds. The molecular formula is C46H31N5S. The number of thioether (sulfide) groups is 1. The zero-order chi connectivity index (χ0) is 34.6. The molecule has 0 fully saturated rings. The average Bonchev–Trinajstić information content (AvgIpc) is 3.73. The maximum Gasteiger partial charge on any atom is 0.238 e. The van der Waals surface area contributed by atoms with Crippen LogP contribution in [-0.2, 0) is 0 Å². The van der Waals surface area contributed by atoms with Crippen LogP contribution in [0.1, 0.15) is 0 Å². The van der Waals surface area contributed by atoms with Crippen LogP contribution in [0.2, 0.25) is 0 Å². The van der Waals surface area contributed by atoms with Gasteiger partial charge in [-0.2, -0.15) is 9.97 Å². The highest BCUT2D eigenvalue weighted by atomic mass is 32.2. The summed E-state index contributed by atoms with van der Waals surface area (Å²) in [4.78, 5) is 16.9. The lowest BCUT2D eigenvalue weighted by atomic mass is 10.0. The minimum atomic E-state index is 0.578. The molecule has 3 aromatic heterocycles. The van der Waals surface area contributed by atoms with Crippen LogP contribution < -0.4 is 0 Å². The lowest BCUT2D eigenvalue weighted by Crippen LogP contribution is -2.06. The summed E-state index contributed by atoms with van der Waals surface area (Å²) in [5.41, 5.74) is 9.67. The second-order valence-electron chi connectivity index (χ2n) is 12.9. The maximum absolute atomic E-state index is 5.30. The van der Waals surface area contributed by atoms with Crippen molar-refractivity contribution in [3.63, 3.8) is 0 Å². The van der Waals surface area contributed by atoms with Crippen molar-refractivity contribution in [3.8, 4) is 45.5 Å². The molecule has 0 atom stereocenters. The summed E-state index contributed by atoms with van der Waals surface area (Å²) in [7, 11) is 0. The Morgan fingerprint density at radius 3 is 1.63 bits per heavy atom.